The minimum Gasteiger partial charge on any atom is -0.493 e. The van der Waals surface area contributed by atoms with Gasteiger partial charge in [0, 0.05) is 13.5 Å². The van der Waals surface area contributed by atoms with Gasteiger partial charge in [-0.15, -0.1) is 5.10 Å². The van der Waals surface area contributed by atoms with Gasteiger partial charge < -0.3 is 14.5 Å². The van der Waals surface area contributed by atoms with Crippen LogP contribution in [0.15, 0.2) is 27.9 Å². The number of carbonyl (C=O) groups excluding carboxylic acids is 1. The number of nitrogens with zero attached hydrogens (tertiary/aromatic N) is 4. The molecule has 0 aliphatic rings. The maximum absolute atomic E-state index is 13.5. The van der Waals surface area contributed by atoms with Crippen molar-refractivity contribution in [3.8, 4) is 17.1 Å². The predicted molar refractivity (Wildman–Crippen MR) is 161 cm³/mol. The van der Waals surface area contributed by atoms with E-state index in [4.69, 9.17) is 4.74 Å². The van der Waals surface area contributed by atoms with Gasteiger partial charge in [-0.2, -0.15) is 4.31 Å². The van der Waals surface area contributed by atoms with Crippen LogP contribution in [0.3, 0.4) is 0 Å². The average Bonchev–Trinajstić information content (AvgIpc) is 3.25. The minimum atomic E-state index is -4.01. The lowest BCUT2D eigenvalue weighted by Gasteiger charge is -2.20. The molecule has 0 saturated carbocycles. The maximum atomic E-state index is 13.5. The number of hydrogen-bond acceptors (Lipinski definition) is 7. The third-order valence-electron chi connectivity index (χ3n) is 6.54. The summed E-state index contributed by atoms with van der Waals surface area (Å²) in [5.41, 5.74) is 0.798. The first kappa shape index (κ1) is 33.2. The van der Waals surface area contributed by atoms with Gasteiger partial charge >= 0.3 is 0 Å². The number of aromatic nitrogens is 4. The Bertz CT molecular complexity index is 1450. The molecule has 0 unspecified atom stereocenters. The molecular weight excluding hydrogens is 529 g/mol. The zero-order valence-electron chi connectivity index (χ0n) is 25.2. The number of ether oxygens (including phenoxy) is 1. The Morgan fingerprint density at radius 3 is 2.33 bits per heavy atom. The van der Waals surface area contributed by atoms with E-state index in [9.17, 15) is 18.0 Å². The molecule has 0 amide bonds. The highest BCUT2D eigenvalue weighted by atomic mass is 32.2. The molecule has 0 atom stereocenters. The van der Waals surface area contributed by atoms with Crippen molar-refractivity contribution in [1.82, 2.24) is 23.9 Å². The van der Waals surface area contributed by atoms with Crippen LogP contribution in [0.5, 0.6) is 5.75 Å². The van der Waals surface area contributed by atoms with Gasteiger partial charge in [0.1, 0.15) is 17.3 Å². The predicted octanol–water partition coefficient (Wildman–Crippen LogP) is 4.81. The van der Waals surface area contributed by atoms with Gasteiger partial charge in [-0.3, -0.25) is 4.79 Å². The van der Waals surface area contributed by atoms with E-state index >= 15 is 0 Å². The van der Waals surface area contributed by atoms with Crippen LogP contribution in [0, 0.1) is 6.92 Å². The number of nitrogens with one attached hydrogen (secondary N) is 1. The van der Waals surface area contributed by atoms with Crippen LogP contribution < -0.4 is 10.3 Å². The van der Waals surface area contributed by atoms with E-state index in [-0.39, 0.29) is 35.2 Å². The summed E-state index contributed by atoms with van der Waals surface area (Å²) in [6.45, 7) is 13.6. The highest BCUT2D eigenvalue weighted by Gasteiger charge is 2.29. The Morgan fingerprint density at radius 2 is 1.75 bits per heavy atom. The van der Waals surface area contributed by atoms with E-state index in [2.05, 4.69) is 15.1 Å². The maximum Gasteiger partial charge on any atom is 0.277 e. The lowest BCUT2D eigenvalue weighted by atomic mass is 9.41. The third-order valence-corrected chi connectivity index (χ3v) is 8.34. The van der Waals surface area contributed by atoms with Crippen LogP contribution in [0.4, 0.5) is 0 Å². The fraction of sp³-hybridized carbons (Fsp3) is 0.571. The number of rotatable bonds is 14. The van der Waals surface area contributed by atoms with Crippen molar-refractivity contribution in [3.05, 3.63) is 40.1 Å². The molecule has 0 saturated heterocycles. The quantitative estimate of drug-likeness (QED) is 0.274. The van der Waals surface area contributed by atoms with Gasteiger partial charge in [-0.05, 0) is 38.5 Å². The number of aromatic amines is 1. The first-order valence-corrected chi connectivity index (χ1v) is 15.8. The summed E-state index contributed by atoms with van der Waals surface area (Å²) in [5, 5.41) is 4.63. The Balaban J connectivity index is 0.00000274. The molecule has 0 radical (unpaired) electrons. The lowest BCUT2D eigenvalue weighted by molar-refractivity contribution is -0.112. The number of fused-ring (bicyclic) bond motifs is 1. The SMILES string of the molecule is CC.CCCB(CCC)C(=O)CN(C)S(=O)(=O)c1ccc(OCC)c(-c2nn3c(CCC)nc(C)c3c(=O)[nH]2)c1. The highest BCUT2D eigenvalue weighted by molar-refractivity contribution is 7.89. The number of likely N-dealkylation sites (N-methyl/N-ethyl adjacent to an activating group) is 1. The Morgan fingerprint density at radius 1 is 1.10 bits per heavy atom. The lowest BCUT2D eigenvalue weighted by Crippen LogP contribution is -2.38. The minimum absolute atomic E-state index is 0.0212. The van der Waals surface area contributed by atoms with Gasteiger partial charge in [-0.1, -0.05) is 60.1 Å². The summed E-state index contributed by atoms with van der Waals surface area (Å²) >= 11 is 0. The van der Waals surface area contributed by atoms with E-state index in [1.165, 1.54) is 23.7 Å². The van der Waals surface area contributed by atoms with Gasteiger partial charge in [0.25, 0.3) is 5.56 Å². The van der Waals surface area contributed by atoms with Crippen molar-refractivity contribution >= 4 is 27.9 Å². The molecule has 2 aromatic heterocycles. The van der Waals surface area contributed by atoms with E-state index in [1.54, 1.807) is 13.0 Å². The second kappa shape index (κ2) is 15.1. The average molecular weight is 574 g/mol. The zero-order valence-corrected chi connectivity index (χ0v) is 26.0. The normalized spacial score (nSPS) is 11.4. The van der Waals surface area contributed by atoms with Gasteiger partial charge in [0.2, 0.25) is 16.7 Å². The van der Waals surface area contributed by atoms with Crippen molar-refractivity contribution in [2.75, 3.05) is 20.2 Å². The summed E-state index contributed by atoms with van der Waals surface area (Å²) < 4.78 is 35.4. The molecule has 0 bridgehead atoms. The summed E-state index contributed by atoms with van der Waals surface area (Å²) in [6.07, 6.45) is 4.66. The van der Waals surface area contributed by atoms with Crippen molar-refractivity contribution < 1.29 is 17.9 Å². The van der Waals surface area contributed by atoms with Crippen LogP contribution >= 0.6 is 0 Å². The van der Waals surface area contributed by atoms with Crippen molar-refractivity contribution in [1.29, 1.82) is 0 Å². The van der Waals surface area contributed by atoms with Crippen LogP contribution in [0.25, 0.3) is 16.9 Å². The van der Waals surface area contributed by atoms with E-state index in [1.807, 2.05) is 41.5 Å². The van der Waals surface area contributed by atoms with Crippen molar-refractivity contribution in [2.45, 2.75) is 91.7 Å². The van der Waals surface area contributed by atoms with Crippen LogP contribution in [0.1, 0.15) is 72.3 Å². The molecule has 1 aromatic carbocycles. The number of benzene rings is 1. The Hall–Kier alpha value is -2.99. The smallest absolute Gasteiger partial charge is 0.277 e. The molecule has 10 nitrogen and oxygen atoms in total. The van der Waals surface area contributed by atoms with Crippen molar-refractivity contribution in [3.63, 3.8) is 0 Å². The molecule has 3 rings (SSSR count). The summed E-state index contributed by atoms with van der Waals surface area (Å²) in [5.74, 6) is 1.20. The second-order valence-corrected chi connectivity index (χ2v) is 11.6. The second-order valence-electron chi connectivity index (χ2n) is 9.52. The fourth-order valence-electron chi connectivity index (χ4n) is 4.66. The Kier molecular flexibility index (Phi) is 12.6. The standard InChI is InChI=1S/C26H38BN5O5S.C2H6/c1-7-11-23-28-18(5)24-26(34)29-25(30-32(23)24)20-16-19(12-13-21(20)37-10-4)38(35,36)31(6)17-22(33)27(14-8-2)15-9-3;1-2/h12-13,16H,7-11,14-15,17H2,1-6H3,(H,29,30,34);1-2H3. The molecule has 0 aliphatic heterocycles. The molecule has 40 heavy (non-hydrogen) atoms. The van der Waals surface area contributed by atoms with Gasteiger partial charge in [0.15, 0.2) is 11.3 Å². The topological polar surface area (TPSA) is 127 Å². The van der Waals surface area contributed by atoms with Gasteiger partial charge in [-0.25, -0.2) is 17.9 Å². The molecular formula is C28H44BN5O5S. The molecule has 0 fully saturated rings. The van der Waals surface area contributed by atoms with Crippen molar-refractivity contribution in [2.24, 2.45) is 0 Å². The van der Waals surface area contributed by atoms with Crippen LogP contribution in [-0.4, -0.2) is 64.9 Å². The summed E-state index contributed by atoms with van der Waals surface area (Å²) in [4.78, 5) is 33.2. The van der Waals surface area contributed by atoms with E-state index in [0.717, 1.165) is 36.2 Å². The summed E-state index contributed by atoms with van der Waals surface area (Å²) in [7, 11) is -2.59. The number of imidazole rings is 1. The van der Waals surface area contributed by atoms with E-state index in [0.29, 0.717) is 41.4 Å². The molecule has 220 valence electrons. The molecule has 0 aliphatic carbocycles. The van der Waals surface area contributed by atoms with E-state index < -0.39 is 10.0 Å². The highest BCUT2D eigenvalue weighted by Crippen LogP contribution is 2.31. The third kappa shape index (κ3) is 7.40. The number of carbonyl (C=O) groups is 1. The monoisotopic (exact) mass is 573 g/mol. The summed E-state index contributed by atoms with van der Waals surface area (Å²) in [6, 6.07) is 4.43. The molecule has 2 heterocycles. The Labute approximate surface area is 238 Å². The molecule has 1 N–H and O–H groups in total. The zero-order chi connectivity index (χ0) is 30.0. The largest absolute Gasteiger partial charge is 0.493 e. The number of sulfonamides is 1. The molecule has 0 spiro atoms. The number of aryl methyl sites for hydroxylation is 2. The fourth-order valence-corrected chi connectivity index (χ4v) is 5.82. The van der Waals surface area contributed by atoms with Crippen LogP contribution in [-0.2, 0) is 21.2 Å². The van der Waals surface area contributed by atoms with Gasteiger partial charge in [0.05, 0.1) is 29.3 Å². The first-order valence-electron chi connectivity index (χ1n) is 14.3. The number of hydrogen-bond donors (Lipinski definition) is 1. The number of H-pyrrole nitrogens is 1. The van der Waals surface area contributed by atoms with Crippen LogP contribution in [0.2, 0.25) is 12.6 Å². The molecule has 12 heteroatoms. The first-order chi connectivity index (χ1) is 19.1. The molecule has 3 aromatic rings.